The standard InChI is InChI=1S/C16H18BrN3O4/c1-2-23-16(22)9-13(11-3-5-12(17)6-4-11)24-15(21)8-7-14-18-10-19-20-14/h3-6,10,13H,2,7-9H2,1H3,(H,18,19,20)/t13-/m0/s1. The lowest BCUT2D eigenvalue weighted by atomic mass is 10.1. The Kier molecular flexibility index (Phi) is 6.92. The van der Waals surface area contributed by atoms with Crippen LogP contribution in [-0.4, -0.2) is 33.7 Å². The minimum Gasteiger partial charge on any atom is -0.466 e. The van der Waals surface area contributed by atoms with Gasteiger partial charge in [0.15, 0.2) is 0 Å². The second-order valence-corrected chi connectivity index (χ2v) is 5.89. The first-order valence-electron chi connectivity index (χ1n) is 7.53. The predicted octanol–water partition coefficient (Wildman–Crippen LogP) is 2.74. The Morgan fingerprint density at radius 2 is 2.00 bits per heavy atom. The monoisotopic (exact) mass is 395 g/mol. The van der Waals surface area contributed by atoms with Gasteiger partial charge in [0, 0.05) is 10.9 Å². The number of aromatic nitrogens is 3. The maximum absolute atomic E-state index is 12.1. The fourth-order valence-electron chi connectivity index (χ4n) is 2.07. The van der Waals surface area contributed by atoms with Gasteiger partial charge in [-0.05, 0) is 24.6 Å². The minimum atomic E-state index is -0.681. The Balaban J connectivity index is 1.99. The summed E-state index contributed by atoms with van der Waals surface area (Å²) in [7, 11) is 0. The Labute approximate surface area is 147 Å². The van der Waals surface area contributed by atoms with Gasteiger partial charge >= 0.3 is 11.9 Å². The summed E-state index contributed by atoms with van der Waals surface area (Å²) >= 11 is 3.35. The SMILES string of the molecule is CCOC(=O)C[C@H](OC(=O)CCc1ncn[nH]1)c1ccc(Br)cc1. The lowest BCUT2D eigenvalue weighted by Gasteiger charge is -2.17. The zero-order valence-electron chi connectivity index (χ0n) is 13.2. The van der Waals surface area contributed by atoms with Crippen LogP contribution in [0.3, 0.4) is 0 Å². The Morgan fingerprint density at radius 1 is 1.25 bits per heavy atom. The molecule has 24 heavy (non-hydrogen) atoms. The van der Waals surface area contributed by atoms with Crippen molar-refractivity contribution in [1.29, 1.82) is 0 Å². The minimum absolute atomic E-state index is 0.0243. The number of carbonyl (C=O) groups is 2. The van der Waals surface area contributed by atoms with Gasteiger partial charge in [-0.25, -0.2) is 4.98 Å². The molecule has 0 fully saturated rings. The number of rotatable bonds is 8. The van der Waals surface area contributed by atoms with E-state index >= 15 is 0 Å². The fourth-order valence-corrected chi connectivity index (χ4v) is 2.33. The first-order chi connectivity index (χ1) is 11.6. The van der Waals surface area contributed by atoms with E-state index in [0.29, 0.717) is 12.2 Å². The molecule has 0 amide bonds. The number of hydrogen-bond acceptors (Lipinski definition) is 6. The molecule has 2 aromatic rings. The molecule has 0 unspecified atom stereocenters. The number of benzene rings is 1. The first-order valence-corrected chi connectivity index (χ1v) is 8.32. The third-order valence-electron chi connectivity index (χ3n) is 3.20. The maximum Gasteiger partial charge on any atom is 0.309 e. The summed E-state index contributed by atoms with van der Waals surface area (Å²) in [5.74, 6) is -0.213. The quantitative estimate of drug-likeness (QED) is 0.690. The summed E-state index contributed by atoms with van der Waals surface area (Å²) in [6.45, 7) is 2.02. The topological polar surface area (TPSA) is 94.2 Å². The van der Waals surface area contributed by atoms with Crippen molar-refractivity contribution in [3.8, 4) is 0 Å². The molecule has 0 spiro atoms. The van der Waals surface area contributed by atoms with Crippen LogP contribution in [0.4, 0.5) is 0 Å². The highest BCUT2D eigenvalue weighted by Gasteiger charge is 2.21. The van der Waals surface area contributed by atoms with E-state index < -0.39 is 18.0 Å². The van der Waals surface area contributed by atoms with Gasteiger partial charge in [0.25, 0.3) is 0 Å². The largest absolute Gasteiger partial charge is 0.466 e. The number of aryl methyl sites for hydroxylation is 1. The van der Waals surface area contributed by atoms with Crippen LogP contribution < -0.4 is 0 Å². The normalized spacial score (nSPS) is 11.8. The number of carbonyl (C=O) groups excluding carboxylic acids is 2. The maximum atomic E-state index is 12.1. The molecule has 0 saturated heterocycles. The van der Waals surface area contributed by atoms with Gasteiger partial charge < -0.3 is 9.47 Å². The van der Waals surface area contributed by atoms with E-state index in [9.17, 15) is 9.59 Å². The van der Waals surface area contributed by atoms with Crippen LogP contribution in [0.15, 0.2) is 35.1 Å². The van der Waals surface area contributed by atoms with Gasteiger partial charge in [-0.1, -0.05) is 28.1 Å². The first kappa shape index (κ1) is 18.1. The van der Waals surface area contributed by atoms with E-state index in [2.05, 4.69) is 31.1 Å². The Bertz CT molecular complexity index is 658. The summed E-state index contributed by atoms with van der Waals surface area (Å²) in [5, 5.41) is 6.41. The summed E-state index contributed by atoms with van der Waals surface area (Å²) in [6, 6.07) is 7.26. The van der Waals surface area contributed by atoms with Crippen LogP contribution in [0.1, 0.15) is 37.3 Å². The summed E-state index contributed by atoms with van der Waals surface area (Å²) in [4.78, 5) is 27.8. The van der Waals surface area contributed by atoms with Crippen molar-refractivity contribution >= 4 is 27.9 Å². The molecule has 8 heteroatoms. The fraction of sp³-hybridized carbons (Fsp3) is 0.375. The molecular weight excluding hydrogens is 378 g/mol. The number of nitrogens with one attached hydrogen (secondary N) is 1. The summed E-state index contributed by atoms with van der Waals surface area (Å²) < 4.78 is 11.3. The molecule has 0 bridgehead atoms. The number of aromatic amines is 1. The van der Waals surface area contributed by atoms with Gasteiger partial charge in [0.2, 0.25) is 0 Å². The molecule has 0 saturated carbocycles. The summed E-state index contributed by atoms with van der Waals surface area (Å²) in [5.41, 5.74) is 0.735. The highest BCUT2D eigenvalue weighted by Crippen LogP contribution is 2.24. The molecule has 1 aromatic carbocycles. The van der Waals surface area contributed by atoms with E-state index in [-0.39, 0.29) is 19.4 Å². The van der Waals surface area contributed by atoms with Gasteiger partial charge in [-0.15, -0.1) is 0 Å². The molecule has 1 heterocycles. The van der Waals surface area contributed by atoms with Crippen LogP contribution in [0.25, 0.3) is 0 Å². The van der Waals surface area contributed by atoms with Crippen molar-refractivity contribution < 1.29 is 19.1 Å². The smallest absolute Gasteiger partial charge is 0.309 e. The van der Waals surface area contributed by atoms with E-state index in [1.807, 2.05) is 12.1 Å². The average Bonchev–Trinajstić information content (AvgIpc) is 3.07. The average molecular weight is 396 g/mol. The lowest BCUT2D eigenvalue weighted by Crippen LogP contribution is -2.17. The van der Waals surface area contributed by atoms with E-state index in [1.165, 1.54) is 6.33 Å². The van der Waals surface area contributed by atoms with Gasteiger partial charge in [-0.2, -0.15) is 5.10 Å². The summed E-state index contributed by atoms with van der Waals surface area (Å²) in [6.07, 6.45) is 1.21. The third-order valence-corrected chi connectivity index (χ3v) is 3.73. The highest BCUT2D eigenvalue weighted by molar-refractivity contribution is 9.10. The molecule has 0 aliphatic heterocycles. The molecule has 1 atom stereocenters. The Hall–Kier alpha value is -2.22. The molecular formula is C16H18BrN3O4. The molecule has 7 nitrogen and oxygen atoms in total. The predicted molar refractivity (Wildman–Crippen MR) is 88.9 cm³/mol. The van der Waals surface area contributed by atoms with Crippen LogP contribution in [0.5, 0.6) is 0 Å². The lowest BCUT2D eigenvalue weighted by molar-refractivity contribution is -0.155. The molecule has 1 aromatic heterocycles. The van der Waals surface area contributed by atoms with Crippen molar-refractivity contribution in [2.24, 2.45) is 0 Å². The van der Waals surface area contributed by atoms with Crippen molar-refractivity contribution in [3.05, 3.63) is 46.5 Å². The molecule has 0 aliphatic carbocycles. The zero-order chi connectivity index (χ0) is 17.4. The van der Waals surface area contributed by atoms with Crippen molar-refractivity contribution in [2.45, 2.75) is 32.3 Å². The van der Waals surface area contributed by atoms with Gasteiger partial charge in [-0.3, -0.25) is 14.7 Å². The van der Waals surface area contributed by atoms with Crippen molar-refractivity contribution in [2.75, 3.05) is 6.61 Å². The van der Waals surface area contributed by atoms with Crippen molar-refractivity contribution in [1.82, 2.24) is 15.2 Å². The van der Waals surface area contributed by atoms with Crippen LogP contribution >= 0.6 is 15.9 Å². The Morgan fingerprint density at radius 3 is 2.62 bits per heavy atom. The second kappa shape index (κ2) is 9.17. The van der Waals surface area contributed by atoms with E-state index in [0.717, 1.165) is 10.0 Å². The second-order valence-electron chi connectivity index (χ2n) is 4.97. The molecule has 1 N–H and O–H groups in total. The van der Waals surface area contributed by atoms with Gasteiger partial charge in [0.05, 0.1) is 19.4 Å². The van der Waals surface area contributed by atoms with Crippen LogP contribution in [0.2, 0.25) is 0 Å². The van der Waals surface area contributed by atoms with Crippen molar-refractivity contribution in [3.63, 3.8) is 0 Å². The van der Waals surface area contributed by atoms with Crippen LogP contribution in [-0.2, 0) is 25.5 Å². The number of H-pyrrole nitrogens is 1. The molecule has 0 aliphatic rings. The van der Waals surface area contributed by atoms with E-state index in [1.54, 1.807) is 19.1 Å². The van der Waals surface area contributed by atoms with Gasteiger partial charge in [0.1, 0.15) is 18.3 Å². The number of ether oxygens (including phenoxy) is 2. The molecule has 0 radical (unpaired) electrons. The number of hydrogen-bond donors (Lipinski definition) is 1. The third kappa shape index (κ3) is 5.77. The molecule has 2 rings (SSSR count). The number of nitrogens with zero attached hydrogens (tertiary/aromatic N) is 2. The number of esters is 2. The van der Waals surface area contributed by atoms with E-state index in [4.69, 9.17) is 9.47 Å². The highest BCUT2D eigenvalue weighted by atomic mass is 79.9. The zero-order valence-corrected chi connectivity index (χ0v) is 14.8. The van der Waals surface area contributed by atoms with Crippen LogP contribution in [0, 0.1) is 0 Å². The number of halogens is 1. The molecule has 128 valence electrons.